The van der Waals surface area contributed by atoms with Gasteiger partial charge in [-0.1, -0.05) is 11.6 Å². The molecule has 1 aliphatic rings. The molecule has 25 heavy (non-hydrogen) atoms. The van der Waals surface area contributed by atoms with Crippen LogP contribution in [0.25, 0.3) is 11.3 Å². The summed E-state index contributed by atoms with van der Waals surface area (Å²) in [5.41, 5.74) is 10.6. The first-order valence-corrected chi connectivity index (χ1v) is 8.25. The number of fused-ring (bicyclic) bond motifs is 1. The van der Waals surface area contributed by atoms with Crippen LogP contribution < -0.4 is 10.6 Å². The summed E-state index contributed by atoms with van der Waals surface area (Å²) >= 11 is 6.03. The number of pyridine rings is 1. The van der Waals surface area contributed by atoms with E-state index in [1.807, 2.05) is 19.2 Å². The average molecular weight is 354 g/mol. The lowest BCUT2D eigenvalue weighted by atomic mass is 9.98. The van der Waals surface area contributed by atoms with E-state index in [1.54, 1.807) is 40.3 Å². The van der Waals surface area contributed by atoms with Gasteiger partial charge in [-0.2, -0.15) is 5.10 Å². The van der Waals surface area contributed by atoms with Crippen LogP contribution in [0, 0.1) is 0 Å². The smallest absolute Gasteiger partial charge is 0.258 e. The van der Waals surface area contributed by atoms with Gasteiger partial charge in [0.1, 0.15) is 0 Å². The van der Waals surface area contributed by atoms with Crippen molar-refractivity contribution < 1.29 is 4.79 Å². The number of amides is 1. The minimum Gasteiger partial charge on any atom is -0.396 e. The van der Waals surface area contributed by atoms with Crippen LogP contribution in [0.4, 0.5) is 11.4 Å². The number of anilines is 2. The summed E-state index contributed by atoms with van der Waals surface area (Å²) in [6.45, 7) is 0.582. The van der Waals surface area contributed by atoms with Crippen LogP contribution in [0.1, 0.15) is 15.9 Å². The number of aryl methyl sites for hydroxylation is 1. The van der Waals surface area contributed by atoms with Crippen LogP contribution in [0.5, 0.6) is 0 Å². The molecule has 0 aliphatic carbocycles. The highest BCUT2D eigenvalue weighted by Gasteiger charge is 2.26. The fourth-order valence-corrected chi connectivity index (χ4v) is 3.41. The second kappa shape index (κ2) is 5.89. The molecular weight excluding hydrogens is 338 g/mol. The molecule has 0 radical (unpaired) electrons. The largest absolute Gasteiger partial charge is 0.396 e. The lowest BCUT2D eigenvalue weighted by molar-refractivity contribution is 0.0980. The third-order valence-electron chi connectivity index (χ3n) is 4.42. The van der Waals surface area contributed by atoms with Crippen LogP contribution in [0.15, 0.2) is 42.9 Å². The van der Waals surface area contributed by atoms with Crippen molar-refractivity contribution in [2.45, 2.75) is 6.42 Å². The highest BCUT2D eigenvalue weighted by molar-refractivity contribution is 6.30. The Bertz CT molecular complexity index is 962. The molecule has 126 valence electrons. The second-order valence-electron chi connectivity index (χ2n) is 6.01. The van der Waals surface area contributed by atoms with E-state index in [4.69, 9.17) is 17.3 Å². The van der Waals surface area contributed by atoms with Crippen molar-refractivity contribution in [2.75, 3.05) is 17.2 Å². The van der Waals surface area contributed by atoms with Crippen LogP contribution in [0.3, 0.4) is 0 Å². The minimum atomic E-state index is -0.0464. The fourth-order valence-electron chi connectivity index (χ4n) is 3.22. The Morgan fingerprint density at radius 1 is 1.20 bits per heavy atom. The van der Waals surface area contributed by atoms with Gasteiger partial charge in [0, 0.05) is 35.9 Å². The standard InChI is InChI=1S/C18H16ClN5O/c1-23-17(16(20)10-22-23)12-7-14(9-21-8-12)24-5-4-11-6-13(19)2-3-15(11)18(24)25/h2-3,6-10H,4-5,20H2,1H3. The first kappa shape index (κ1) is 15.7. The van der Waals surface area contributed by atoms with Crippen molar-refractivity contribution in [1.82, 2.24) is 14.8 Å². The van der Waals surface area contributed by atoms with E-state index >= 15 is 0 Å². The van der Waals surface area contributed by atoms with Gasteiger partial charge in [-0.3, -0.25) is 14.5 Å². The number of hydrogen-bond acceptors (Lipinski definition) is 4. The topological polar surface area (TPSA) is 77.0 Å². The number of benzene rings is 1. The quantitative estimate of drug-likeness (QED) is 0.768. The molecule has 7 heteroatoms. The maximum absolute atomic E-state index is 12.9. The molecule has 2 N–H and O–H groups in total. The SMILES string of the molecule is Cn1ncc(N)c1-c1cncc(N2CCc3cc(Cl)ccc3C2=O)c1. The molecule has 0 saturated carbocycles. The zero-order valence-corrected chi connectivity index (χ0v) is 14.4. The van der Waals surface area contributed by atoms with Crippen LogP contribution >= 0.6 is 11.6 Å². The van der Waals surface area contributed by atoms with Gasteiger partial charge in [0.15, 0.2) is 0 Å². The first-order chi connectivity index (χ1) is 12.0. The molecule has 2 aromatic heterocycles. The van der Waals surface area contributed by atoms with Crippen molar-refractivity contribution in [2.24, 2.45) is 7.05 Å². The summed E-state index contributed by atoms with van der Waals surface area (Å²) in [4.78, 5) is 18.9. The Morgan fingerprint density at radius 2 is 2.04 bits per heavy atom. The van der Waals surface area contributed by atoms with E-state index in [0.29, 0.717) is 22.8 Å². The summed E-state index contributed by atoms with van der Waals surface area (Å²) in [5.74, 6) is -0.0464. The number of nitrogens with two attached hydrogens (primary N) is 1. The monoisotopic (exact) mass is 353 g/mol. The second-order valence-corrected chi connectivity index (χ2v) is 6.45. The first-order valence-electron chi connectivity index (χ1n) is 7.88. The molecule has 3 heterocycles. The van der Waals surface area contributed by atoms with Gasteiger partial charge in [-0.05, 0) is 36.2 Å². The number of carbonyl (C=O) groups excluding carboxylic acids is 1. The molecular formula is C18H16ClN5O. The summed E-state index contributed by atoms with van der Waals surface area (Å²) in [6.07, 6.45) is 5.77. The van der Waals surface area contributed by atoms with E-state index in [9.17, 15) is 4.79 Å². The highest BCUT2D eigenvalue weighted by atomic mass is 35.5. The minimum absolute atomic E-state index is 0.0464. The van der Waals surface area contributed by atoms with Gasteiger partial charge >= 0.3 is 0 Å². The van der Waals surface area contributed by atoms with Crippen LogP contribution in [-0.2, 0) is 13.5 Å². The Hall–Kier alpha value is -2.86. The molecule has 0 fully saturated rings. The van der Waals surface area contributed by atoms with Crippen molar-refractivity contribution in [3.05, 3.63) is 59.0 Å². The van der Waals surface area contributed by atoms with Gasteiger partial charge in [0.05, 0.1) is 29.5 Å². The number of carbonyl (C=O) groups is 1. The molecule has 0 saturated heterocycles. The molecule has 6 nitrogen and oxygen atoms in total. The summed E-state index contributed by atoms with van der Waals surface area (Å²) < 4.78 is 1.70. The fraction of sp³-hybridized carbons (Fsp3) is 0.167. The third kappa shape index (κ3) is 2.64. The van der Waals surface area contributed by atoms with Crippen molar-refractivity contribution in [3.63, 3.8) is 0 Å². The lowest BCUT2D eigenvalue weighted by Gasteiger charge is -2.28. The van der Waals surface area contributed by atoms with Crippen LogP contribution in [-0.4, -0.2) is 27.2 Å². The van der Waals surface area contributed by atoms with E-state index in [-0.39, 0.29) is 5.91 Å². The van der Waals surface area contributed by atoms with E-state index in [1.165, 1.54) is 0 Å². The van der Waals surface area contributed by atoms with Gasteiger partial charge in [0.2, 0.25) is 0 Å². The number of halogens is 1. The molecule has 4 rings (SSSR count). The van der Waals surface area contributed by atoms with E-state index in [0.717, 1.165) is 28.9 Å². The normalized spacial score (nSPS) is 13.8. The Labute approximate surface area is 149 Å². The molecule has 0 spiro atoms. The predicted octanol–water partition coefficient (Wildman–Crippen LogP) is 2.92. The highest BCUT2D eigenvalue weighted by Crippen LogP contribution is 2.30. The number of hydrogen-bond donors (Lipinski definition) is 1. The molecule has 3 aromatic rings. The maximum Gasteiger partial charge on any atom is 0.258 e. The predicted molar refractivity (Wildman–Crippen MR) is 97.7 cm³/mol. The van der Waals surface area contributed by atoms with E-state index in [2.05, 4.69) is 10.1 Å². The zero-order chi connectivity index (χ0) is 17.6. The summed E-state index contributed by atoms with van der Waals surface area (Å²) in [5, 5.41) is 4.81. The van der Waals surface area contributed by atoms with Crippen molar-refractivity contribution in [1.29, 1.82) is 0 Å². The molecule has 0 bridgehead atoms. The third-order valence-corrected chi connectivity index (χ3v) is 4.66. The van der Waals surface area contributed by atoms with E-state index < -0.39 is 0 Å². The Balaban J connectivity index is 1.73. The summed E-state index contributed by atoms with van der Waals surface area (Å²) in [6, 6.07) is 7.30. The molecule has 1 aromatic carbocycles. The lowest BCUT2D eigenvalue weighted by Crippen LogP contribution is -2.37. The van der Waals surface area contributed by atoms with Gasteiger partial charge in [-0.15, -0.1) is 0 Å². The van der Waals surface area contributed by atoms with Gasteiger partial charge < -0.3 is 10.6 Å². The van der Waals surface area contributed by atoms with Gasteiger partial charge in [0.25, 0.3) is 5.91 Å². The van der Waals surface area contributed by atoms with Crippen molar-refractivity contribution in [3.8, 4) is 11.3 Å². The molecule has 0 atom stereocenters. The Kier molecular flexibility index (Phi) is 3.69. The zero-order valence-electron chi connectivity index (χ0n) is 13.6. The number of rotatable bonds is 2. The average Bonchev–Trinajstić information content (AvgIpc) is 2.94. The Morgan fingerprint density at radius 3 is 2.80 bits per heavy atom. The molecule has 0 unspecified atom stereocenters. The molecule has 1 amide bonds. The van der Waals surface area contributed by atoms with Crippen molar-refractivity contribution >= 4 is 28.9 Å². The maximum atomic E-state index is 12.9. The summed E-state index contributed by atoms with van der Waals surface area (Å²) in [7, 11) is 1.82. The number of nitrogen functional groups attached to an aromatic ring is 1. The number of aromatic nitrogens is 3. The number of nitrogens with zero attached hydrogens (tertiary/aromatic N) is 4. The van der Waals surface area contributed by atoms with Crippen LogP contribution in [0.2, 0.25) is 5.02 Å². The molecule has 1 aliphatic heterocycles. The van der Waals surface area contributed by atoms with Gasteiger partial charge in [-0.25, -0.2) is 0 Å².